The summed E-state index contributed by atoms with van der Waals surface area (Å²) in [5, 5.41) is 12.0. The molecule has 4 heteroatoms. The van der Waals surface area contributed by atoms with E-state index < -0.39 is 0 Å². The first-order chi connectivity index (χ1) is 6.74. The van der Waals surface area contributed by atoms with Gasteiger partial charge in [0.2, 0.25) is 0 Å². The molecule has 1 amide bonds. The molecular formula is C10H7NO3. The summed E-state index contributed by atoms with van der Waals surface area (Å²) in [6.07, 6.45) is 1.66. The van der Waals surface area contributed by atoms with E-state index in [1.54, 1.807) is 12.1 Å². The molecule has 0 radical (unpaired) electrons. The first-order valence-electron chi connectivity index (χ1n) is 4.03. The number of amides is 1. The second-order valence-electron chi connectivity index (χ2n) is 2.87. The molecule has 1 heterocycles. The molecule has 2 N–H and O–H groups in total. The second kappa shape index (κ2) is 2.99. The fourth-order valence-electron chi connectivity index (χ4n) is 1.46. The minimum atomic E-state index is -0.367. The minimum Gasteiger partial charge on any atom is -0.507 e. The Labute approximate surface area is 79.9 Å². The lowest BCUT2D eigenvalue weighted by Crippen LogP contribution is -2.03. The van der Waals surface area contributed by atoms with Gasteiger partial charge in [-0.15, -0.1) is 0 Å². The zero-order valence-electron chi connectivity index (χ0n) is 7.15. The Morgan fingerprint density at radius 3 is 2.86 bits per heavy atom. The van der Waals surface area contributed by atoms with Crippen molar-refractivity contribution in [1.29, 1.82) is 0 Å². The largest absolute Gasteiger partial charge is 0.507 e. The molecule has 0 saturated heterocycles. The quantitative estimate of drug-likeness (QED) is 0.510. The van der Waals surface area contributed by atoms with Crippen LogP contribution in [0.3, 0.4) is 0 Å². The Balaban J connectivity index is 2.67. The van der Waals surface area contributed by atoms with Crippen molar-refractivity contribution in [2.75, 3.05) is 5.32 Å². The smallest absolute Gasteiger partial charge is 0.256 e. The number of phenols is 1. The van der Waals surface area contributed by atoms with Gasteiger partial charge < -0.3 is 10.4 Å². The molecule has 1 aromatic carbocycles. The van der Waals surface area contributed by atoms with Crippen molar-refractivity contribution in [3.05, 3.63) is 29.8 Å². The van der Waals surface area contributed by atoms with Gasteiger partial charge in [0.25, 0.3) is 5.91 Å². The molecule has 0 unspecified atom stereocenters. The molecule has 2 rings (SSSR count). The number of nitrogens with one attached hydrogen (secondary N) is 1. The molecule has 0 fully saturated rings. The highest BCUT2D eigenvalue weighted by atomic mass is 16.3. The second-order valence-corrected chi connectivity index (χ2v) is 2.87. The molecule has 0 saturated carbocycles. The molecule has 0 aromatic heterocycles. The number of rotatable bonds is 1. The molecule has 0 atom stereocenters. The lowest BCUT2D eigenvalue weighted by Gasteiger charge is -1.99. The standard InChI is InChI=1S/C10H7NO3/c12-5-4-6-9-7(11-10(6)14)2-1-3-8(9)13/h1-5,13H,(H,11,14)/b6-4+. The summed E-state index contributed by atoms with van der Waals surface area (Å²) in [6, 6.07) is 4.76. The van der Waals surface area contributed by atoms with Gasteiger partial charge in [0.05, 0.1) is 16.8 Å². The predicted molar refractivity (Wildman–Crippen MR) is 50.8 cm³/mol. The maximum atomic E-state index is 11.3. The molecule has 0 spiro atoms. The number of carbonyl (C=O) groups excluding carboxylic acids is 2. The first-order valence-corrected chi connectivity index (χ1v) is 4.03. The third kappa shape index (κ3) is 1.08. The van der Waals surface area contributed by atoms with E-state index in [1.165, 1.54) is 6.07 Å². The summed E-state index contributed by atoms with van der Waals surface area (Å²) >= 11 is 0. The number of benzene rings is 1. The van der Waals surface area contributed by atoms with Crippen molar-refractivity contribution >= 4 is 23.5 Å². The van der Waals surface area contributed by atoms with E-state index in [1.807, 2.05) is 0 Å². The molecule has 0 bridgehead atoms. The first kappa shape index (κ1) is 8.50. The zero-order valence-corrected chi connectivity index (χ0v) is 7.15. The van der Waals surface area contributed by atoms with E-state index in [2.05, 4.69) is 5.32 Å². The van der Waals surface area contributed by atoms with Gasteiger partial charge in [-0.2, -0.15) is 0 Å². The highest BCUT2D eigenvalue weighted by Crippen LogP contribution is 2.37. The van der Waals surface area contributed by atoms with Gasteiger partial charge in [0, 0.05) is 0 Å². The van der Waals surface area contributed by atoms with Crippen molar-refractivity contribution < 1.29 is 14.7 Å². The summed E-state index contributed by atoms with van der Waals surface area (Å²) in [5.74, 6) is -0.373. The van der Waals surface area contributed by atoms with E-state index >= 15 is 0 Å². The Hall–Kier alpha value is -2.10. The van der Waals surface area contributed by atoms with E-state index in [-0.39, 0.29) is 17.2 Å². The van der Waals surface area contributed by atoms with Gasteiger partial charge in [0.15, 0.2) is 0 Å². The fraction of sp³-hybridized carbons (Fsp3) is 0. The van der Waals surface area contributed by atoms with Gasteiger partial charge in [-0.1, -0.05) is 6.07 Å². The number of hydrogen-bond donors (Lipinski definition) is 2. The topological polar surface area (TPSA) is 66.4 Å². The number of aromatic hydroxyl groups is 1. The SMILES string of the molecule is O=C/C=C1/C(=O)Nc2cccc(O)c21. The number of fused-ring (bicyclic) bond motifs is 1. The highest BCUT2D eigenvalue weighted by Gasteiger charge is 2.26. The Bertz CT molecular complexity index is 449. The van der Waals surface area contributed by atoms with Gasteiger partial charge >= 0.3 is 0 Å². The minimum absolute atomic E-state index is 0.00560. The molecule has 1 aliphatic rings. The van der Waals surface area contributed by atoms with Crippen LogP contribution in [0.15, 0.2) is 24.3 Å². The summed E-state index contributed by atoms with van der Waals surface area (Å²) < 4.78 is 0. The summed E-state index contributed by atoms with van der Waals surface area (Å²) in [5.41, 5.74) is 1.13. The number of hydrogen-bond acceptors (Lipinski definition) is 3. The van der Waals surface area contributed by atoms with Crippen LogP contribution in [0.2, 0.25) is 0 Å². The molecule has 14 heavy (non-hydrogen) atoms. The van der Waals surface area contributed by atoms with Crippen molar-refractivity contribution in [3.63, 3.8) is 0 Å². The van der Waals surface area contributed by atoms with Crippen LogP contribution in [0, 0.1) is 0 Å². The van der Waals surface area contributed by atoms with E-state index in [0.29, 0.717) is 17.5 Å². The van der Waals surface area contributed by atoms with E-state index in [9.17, 15) is 14.7 Å². The van der Waals surface area contributed by atoms with Crippen LogP contribution >= 0.6 is 0 Å². The number of phenolic OH excluding ortho intramolecular Hbond substituents is 1. The molecular weight excluding hydrogens is 182 g/mol. The van der Waals surface area contributed by atoms with Crippen molar-refractivity contribution in [2.45, 2.75) is 0 Å². The number of anilines is 1. The van der Waals surface area contributed by atoms with Crippen LogP contribution in [-0.4, -0.2) is 17.3 Å². The maximum absolute atomic E-state index is 11.3. The molecule has 70 valence electrons. The van der Waals surface area contributed by atoms with Crippen molar-refractivity contribution in [3.8, 4) is 5.75 Å². The van der Waals surface area contributed by atoms with Crippen LogP contribution in [0.25, 0.3) is 5.57 Å². The molecule has 1 aliphatic heterocycles. The highest BCUT2D eigenvalue weighted by molar-refractivity contribution is 6.33. The van der Waals surface area contributed by atoms with Gasteiger partial charge in [-0.25, -0.2) is 0 Å². The average Bonchev–Trinajstić information content (AvgIpc) is 2.45. The number of allylic oxidation sites excluding steroid dienone is 1. The average molecular weight is 189 g/mol. The van der Waals surface area contributed by atoms with Gasteiger partial charge in [-0.05, 0) is 18.2 Å². The lowest BCUT2D eigenvalue weighted by molar-refractivity contribution is -0.111. The fourth-order valence-corrected chi connectivity index (χ4v) is 1.46. The van der Waals surface area contributed by atoms with Crippen LogP contribution in [0.5, 0.6) is 5.75 Å². The van der Waals surface area contributed by atoms with Crippen molar-refractivity contribution in [2.24, 2.45) is 0 Å². The Morgan fingerprint density at radius 2 is 2.14 bits per heavy atom. The molecule has 4 nitrogen and oxygen atoms in total. The van der Waals surface area contributed by atoms with E-state index in [4.69, 9.17) is 0 Å². The molecule has 0 aliphatic carbocycles. The van der Waals surface area contributed by atoms with Crippen LogP contribution in [0.1, 0.15) is 5.56 Å². The van der Waals surface area contributed by atoms with Gasteiger partial charge in [-0.3, -0.25) is 9.59 Å². The Morgan fingerprint density at radius 1 is 1.36 bits per heavy atom. The maximum Gasteiger partial charge on any atom is 0.256 e. The predicted octanol–water partition coefficient (Wildman–Crippen LogP) is 0.927. The summed E-state index contributed by atoms with van der Waals surface area (Å²) in [7, 11) is 0. The van der Waals surface area contributed by atoms with Gasteiger partial charge in [0.1, 0.15) is 12.0 Å². The van der Waals surface area contributed by atoms with E-state index in [0.717, 1.165) is 6.08 Å². The molecule has 1 aromatic rings. The normalized spacial score (nSPS) is 16.6. The number of aldehydes is 1. The third-order valence-electron chi connectivity index (χ3n) is 2.04. The summed E-state index contributed by atoms with van der Waals surface area (Å²) in [4.78, 5) is 21.6. The summed E-state index contributed by atoms with van der Waals surface area (Å²) in [6.45, 7) is 0. The third-order valence-corrected chi connectivity index (χ3v) is 2.04. The number of carbonyl (C=O) groups is 2. The van der Waals surface area contributed by atoms with Crippen molar-refractivity contribution in [1.82, 2.24) is 0 Å². The van der Waals surface area contributed by atoms with Crippen LogP contribution < -0.4 is 5.32 Å². The Kier molecular flexibility index (Phi) is 1.81. The zero-order chi connectivity index (χ0) is 10.1. The lowest BCUT2D eigenvalue weighted by atomic mass is 10.1. The van der Waals surface area contributed by atoms with Crippen LogP contribution in [-0.2, 0) is 9.59 Å². The monoisotopic (exact) mass is 189 g/mol. The van der Waals surface area contributed by atoms with Crippen LogP contribution in [0.4, 0.5) is 5.69 Å².